The molecule has 0 bridgehead atoms. The molecule has 1 fully saturated rings. The quantitative estimate of drug-likeness (QED) is 0.640. The van der Waals surface area contributed by atoms with Crippen LogP contribution in [0.15, 0.2) is 48.1 Å². The number of para-hydroxylation sites is 1. The number of fused-ring (bicyclic) bond motifs is 1. The van der Waals surface area contributed by atoms with Gasteiger partial charge in [0, 0.05) is 18.2 Å². The fraction of sp³-hybridized carbons (Fsp3) is 0.278. The number of carbonyl (C=O) groups is 3. The van der Waals surface area contributed by atoms with E-state index in [-0.39, 0.29) is 17.0 Å². The third-order valence-corrected chi connectivity index (χ3v) is 4.63. The number of nitrogens with one attached hydrogen (secondary N) is 2. The number of benzene rings is 1. The lowest BCUT2D eigenvalue weighted by Gasteiger charge is -2.29. The average Bonchev–Trinajstić information content (AvgIpc) is 2.70. The van der Waals surface area contributed by atoms with Gasteiger partial charge in [0.05, 0.1) is 6.04 Å². The van der Waals surface area contributed by atoms with Crippen molar-refractivity contribution < 1.29 is 14.4 Å². The minimum Gasteiger partial charge on any atom is -0.367 e. The second kappa shape index (κ2) is 5.63. The predicted molar refractivity (Wildman–Crippen MR) is 90.6 cm³/mol. The highest BCUT2D eigenvalue weighted by atomic mass is 16.2. The number of anilines is 1. The van der Waals surface area contributed by atoms with Gasteiger partial charge < -0.3 is 4.90 Å². The molecule has 1 aromatic carbocycles. The van der Waals surface area contributed by atoms with Crippen LogP contribution in [0.5, 0.6) is 0 Å². The number of hydrogen-bond acceptors (Lipinski definition) is 4. The minimum atomic E-state index is -0.793. The maximum atomic E-state index is 11.7. The highest BCUT2D eigenvalue weighted by molar-refractivity contribution is 6.29. The van der Waals surface area contributed by atoms with E-state index in [1.807, 2.05) is 25.3 Å². The molecule has 2 N–H and O–H groups in total. The van der Waals surface area contributed by atoms with Crippen LogP contribution in [0.3, 0.4) is 0 Å². The SMILES string of the molecule is CN1c2ccccc2C(C)(C)C1/C=C/C=C1C(=O)NC(=O)NC1=O. The van der Waals surface area contributed by atoms with Crippen molar-refractivity contribution in [2.24, 2.45) is 0 Å². The Morgan fingerprint density at radius 3 is 2.33 bits per heavy atom. The van der Waals surface area contributed by atoms with Crippen molar-refractivity contribution in [3.63, 3.8) is 0 Å². The zero-order valence-electron chi connectivity index (χ0n) is 13.8. The summed E-state index contributed by atoms with van der Waals surface area (Å²) in [5, 5.41) is 4.11. The van der Waals surface area contributed by atoms with Gasteiger partial charge in [-0.15, -0.1) is 0 Å². The van der Waals surface area contributed by atoms with E-state index in [1.54, 1.807) is 6.08 Å². The Hall–Kier alpha value is -2.89. The van der Waals surface area contributed by atoms with Gasteiger partial charge in [0.1, 0.15) is 5.57 Å². The number of hydrogen-bond donors (Lipinski definition) is 2. The second-order valence-electron chi connectivity index (χ2n) is 6.50. The van der Waals surface area contributed by atoms with Crippen LogP contribution in [0.25, 0.3) is 0 Å². The van der Waals surface area contributed by atoms with Crippen LogP contribution < -0.4 is 15.5 Å². The molecule has 24 heavy (non-hydrogen) atoms. The molecule has 6 nitrogen and oxygen atoms in total. The van der Waals surface area contributed by atoms with E-state index < -0.39 is 17.8 Å². The molecule has 3 rings (SSSR count). The van der Waals surface area contributed by atoms with Gasteiger partial charge in [-0.25, -0.2) is 4.79 Å². The molecule has 1 atom stereocenters. The van der Waals surface area contributed by atoms with Gasteiger partial charge in [0.15, 0.2) is 0 Å². The van der Waals surface area contributed by atoms with Gasteiger partial charge >= 0.3 is 6.03 Å². The topological polar surface area (TPSA) is 78.5 Å². The summed E-state index contributed by atoms with van der Waals surface area (Å²) in [6.07, 6.45) is 5.09. The van der Waals surface area contributed by atoms with Crippen molar-refractivity contribution in [3.8, 4) is 0 Å². The van der Waals surface area contributed by atoms with Crippen molar-refractivity contribution in [1.82, 2.24) is 10.6 Å². The molecule has 0 aromatic heterocycles. The third-order valence-electron chi connectivity index (χ3n) is 4.63. The predicted octanol–water partition coefficient (Wildman–Crippen LogP) is 1.63. The molecule has 0 aliphatic carbocycles. The zero-order valence-corrected chi connectivity index (χ0v) is 13.8. The normalized spacial score (nSPS) is 22.5. The molecule has 1 saturated heterocycles. The zero-order chi connectivity index (χ0) is 17.5. The first kappa shape index (κ1) is 16.0. The van der Waals surface area contributed by atoms with Gasteiger partial charge in [-0.3, -0.25) is 20.2 Å². The van der Waals surface area contributed by atoms with E-state index in [4.69, 9.17) is 0 Å². The largest absolute Gasteiger partial charge is 0.367 e. The molecule has 4 amide bonds. The lowest BCUT2D eigenvalue weighted by molar-refractivity contribution is -0.124. The van der Waals surface area contributed by atoms with E-state index in [1.165, 1.54) is 17.3 Å². The standard InChI is InChI=1S/C18H19N3O3/c1-18(2)12-8-4-5-9-13(12)21(3)14(18)10-6-7-11-15(22)19-17(24)20-16(11)23/h4-10,14H,1-3H3,(H2,19,20,22,23,24)/b10-6+. The molecule has 0 saturated carbocycles. The number of barbiturate groups is 1. The van der Waals surface area contributed by atoms with Gasteiger partial charge in [-0.2, -0.15) is 0 Å². The smallest absolute Gasteiger partial charge is 0.328 e. The number of likely N-dealkylation sites (N-methyl/N-ethyl adjacent to an activating group) is 1. The van der Waals surface area contributed by atoms with Crippen molar-refractivity contribution in [1.29, 1.82) is 0 Å². The highest BCUT2D eigenvalue weighted by Gasteiger charge is 2.41. The number of allylic oxidation sites excluding steroid dienone is 2. The van der Waals surface area contributed by atoms with Gasteiger partial charge in [-0.1, -0.05) is 44.2 Å². The first-order valence-corrected chi connectivity index (χ1v) is 7.70. The summed E-state index contributed by atoms with van der Waals surface area (Å²) in [6.45, 7) is 4.33. The van der Waals surface area contributed by atoms with Crippen LogP contribution in [0.1, 0.15) is 19.4 Å². The van der Waals surface area contributed by atoms with Crippen LogP contribution in [0.2, 0.25) is 0 Å². The van der Waals surface area contributed by atoms with Crippen molar-refractivity contribution in [3.05, 3.63) is 53.6 Å². The molecule has 6 heteroatoms. The first-order valence-electron chi connectivity index (χ1n) is 7.70. The Morgan fingerprint density at radius 1 is 1.08 bits per heavy atom. The van der Waals surface area contributed by atoms with E-state index >= 15 is 0 Å². The first-order chi connectivity index (χ1) is 11.3. The molecular formula is C18H19N3O3. The van der Waals surface area contributed by atoms with Crippen molar-refractivity contribution in [2.75, 3.05) is 11.9 Å². The fourth-order valence-corrected chi connectivity index (χ4v) is 3.37. The lowest BCUT2D eigenvalue weighted by Crippen LogP contribution is -2.51. The molecule has 2 aliphatic rings. The Balaban J connectivity index is 1.85. The van der Waals surface area contributed by atoms with E-state index in [2.05, 4.69) is 41.5 Å². The van der Waals surface area contributed by atoms with Gasteiger partial charge in [-0.05, 0) is 17.7 Å². The molecule has 0 radical (unpaired) electrons. The number of urea groups is 1. The fourth-order valence-electron chi connectivity index (χ4n) is 3.37. The Morgan fingerprint density at radius 2 is 1.71 bits per heavy atom. The number of amides is 4. The lowest BCUT2D eigenvalue weighted by atomic mass is 9.80. The van der Waals surface area contributed by atoms with Crippen LogP contribution in [-0.4, -0.2) is 30.9 Å². The van der Waals surface area contributed by atoms with E-state index in [0.29, 0.717) is 0 Å². The maximum absolute atomic E-state index is 11.7. The van der Waals surface area contributed by atoms with E-state index in [9.17, 15) is 14.4 Å². The summed E-state index contributed by atoms with van der Waals surface area (Å²) >= 11 is 0. The maximum Gasteiger partial charge on any atom is 0.328 e. The van der Waals surface area contributed by atoms with Crippen molar-refractivity contribution in [2.45, 2.75) is 25.3 Å². The second-order valence-corrected chi connectivity index (χ2v) is 6.50. The van der Waals surface area contributed by atoms with Gasteiger partial charge in [0.25, 0.3) is 11.8 Å². The molecule has 2 heterocycles. The number of imide groups is 2. The molecule has 2 aliphatic heterocycles. The number of rotatable bonds is 2. The molecule has 1 aromatic rings. The summed E-state index contributed by atoms with van der Waals surface area (Å²) in [6, 6.07) is 7.52. The Bertz CT molecular complexity index is 770. The van der Waals surface area contributed by atoms with Crippen molar-refractivity contribution >= 4 is 23.5 Å². The summed E-state index contributed by atoms with van der Waals surface area (Å²) in [4.78, 5) is 36.6. The molecule has 1 unspecified atom stereocenters. The van der Waals surface area contributed by atoms with E-state index in [0.717, 1.165) is 0 Å². The highest BCUT2D eigenvalue weighted by Crippen LogP contribution is 2.44. The molecule has 124 valence electrons. The van der Waals surface area contributed by atoms with Crippen LogP contribution in [0, 0.1) is 0 Å². The average molecular weight is 325 g/mol. The summed E-state index contributed by atoms with van der Waals surface area (Å²) < 4.78 is 0. The third kappa shape index (κ3) is 2.50. The molecular weight excluding hydrogens is 306 g/mol. The summed E-state index contributed by atoms with van der Waals surface area (Å²) in [7, 11) is 2.02. The molecule has 0 spiro atoms. The minimum absolute atomic E-state index is 0.0816. The summed E-state index contributed by atoms with van der Waals surface area (Å²) in [5.74, 6) is -1.37. The Labute approximate surface area is 140 Å². The van der Waals surface area contributed by atoms with Crippen LogP contribution >= 0.6 is 0 Å². The monoisotopic (exact) mass is 325 g/mol. The van der Waals surface area contributed by atoms with Crippen LogP contribution in [0.4, 0.5) is 10.5 Å². The Kier molecular flexibility index (Phi) is 3.75. The van der Waals surface area contributed by atoms with Crippen LogP contribution in [-0.2, 0) is 15.0 Å². The number of carbonyl (C=O) groups excluding carboxylic acids is 3. The number of nitrogens with zero attached hydrogens (tertiary/aromatic N) is 1. The summed E-state index contributed by atoms with van der Waals surface area (Å²) in [5.41, 5.74) is 2.24. The van der Waals surface area contributed by atoms with Gasteiger partial charge in [0.2, 0.25) is 0 Å².